The maximum atomic E-state index is 12.2. The van der Waals surface area contributed by atoms with Gasteiger partial charge in [-0.05, 0) is 30.0 Å². The van der Waals surface area contributed by atoms with Crippen molar-refractivity contribution in [1.82, 2.24) is 4.98 Å². The summed E-state index contributed by atoms with van der Waals surface area (Å²) >= 11 is 1.23. The van der Waals surface area contributed by atoms with Crippen molar-refractivity contribution < 1.29 is 13.5 Å². The molecule has 0 aliphatic rings. The summed E-state index contributed by atoms with van der Waals surface area (Å²) in [6.07, 6.45) is 3.01. The fourth-order valence-corrected chi connectivity index (χ4v) is 4.31. The molecule has 2 aromatic heterocycles. The van der Waals surface area contributed by atoms with Crippen LogP contribution < -0.4 is 4.72 Å². The quantitative estimate of drug-likeness (QED) is 0.896. The lowest BCUT2D eigenvalue weighted by atomic mass is 10.3. The van der Waals surface area contributed by atoms with E-state index >= 15 is 0 Å². The molecule has 0 saturated carbocycles. The van der Waals surface area contributed by atoms with Crippen molar-refractivity contribution in [2.75, 3.05) is 4.72 Å². The van der Waals surface area contributed by atoms with Crippen molar-refractivity contribution in [1.29, 1.82) is 0 Å². The zero-order valence-corrected chi connectivity index (χ0v) is 11.3. The second kappa shape index (κ2) is 5.05. The number of anilines is 1. The van der Waals surface area contributed by atoms with E-state index in [4.69, 9.17) is 5.11 Å². The van der Waals surface area contributed by atoms with Crippen LogP contribution in [0.1, 0.15) is 10.4 Å². The van der Waals surface area contributed by atoms with Crippen LogP contribution in [0.3, 0.4) is 0 Å². The Balaban J connectivity index is 2.40. The monoisotopic (exact) mass is 284 g/mol. The molecule has 0 unspecified atom stereocenters. The first kappa shape index (κ1) is 13.0. The number of hydrogen-bond acceptors (Lipinski definition) is 5. The van der Waals surface area contributed by atoms with E-state index in [1.807, 2.05) is 0 Å². The summed E-state index contributed by atoms with van der Waals surface area (Å²) in [6, 6.07) is 3.13. The number of aromatic nitrogens is 1. The molecule has 0 amide bonds. The van der Waals surface area contributed by atoms with Crippen LogP contribution in [-0.2, 0) is 16.6 Å². The fourth-order valence-electron chi connectivity index (χ4n) is 1.58. The van der Waals surface area contributed by atoms with Crippen molar-refractivity contribution in [3.8, 4) is 0 Å². The van der Waals surface area contributed by atoms with E-state index in [1.165, 1.54) is 23.7 Å². The standard InChI is InChI=1S/C11H12N2O3S2/c1-8-7-17-10(6-14)11(8)18(15,16)13-9-2-4-12-5-3-9/h2-5,7,14H,6H2,1H3,(H,12,13). The van der Waals surface area contributed by atoms with Crippen LogP contribution in [0.25, 0.3) is 0 Å². The highest BCUT2D eigenvalue weighted by Crippen LogP contribution is 2.28. The first-order valence-electron chi connectivity index (χ1n) is 5.15. The number of nitrogens with one attached hydrogen (secondary N) is 1. The summed E-state index contributed by atoms with van der Waals surface area (Å²) < 4.78 is 26.9. The van der Waals surface area contributed by atoms with Crippen molar-refractivity contribution in [2.45, 2.75) is 18.4 Å². The first-order valence-corrected chi connectivity index (χ1v) is 7.51. The van der Waals surface area contributed by atoms with Gasteiger partial charge >= 0.3 is 0 Å². The van der Waals surface area contributed by atoms with Gasteiger partial charge in [0.1, 0.15) is 4.90 Å². The number of nitrogens with zero attached hydrogens (tertiary/aromatic N) is 1. The molecule has 0 aromatic carbocycles. The molecule has 0 bridgehead atoms. The molecule has 18 heavy (non-hydrogen) atoms. The van der Waals surface area contributed by atoms with Crippen LogP contribution in [0.15, 0.2) is 34.8 Å². The maximum Gasteiger partial charge on any atom is 0.263 e. The Morgan fingerprint density at radius 1 is 1.39 bits per heavy atom. The molecule has 0 saturated heterocycles. The van der Waals surface area contributed by atoms with Crippen molar-refractivity contribution in [2.24, 2.45) is 0 Å². The lowest BCUT2D eigenvalue weighted by molar-refractivity contribution is 0.282. The number of sulfonamides is 1. The first-order chi connectivity index (χ1) is 8.54. The van der Waals surface area contributed by atoms with E-state index < -0.39 is 10.0 Å². The molecule has 96 valence electrons. The lowest BCUT2D eigenvalue weighted by Crippen LogP contribution is -2.14. The van der Waals surface area contributed by atoms with Crippen molar-refractivity contribution >= 4 is 27.0 Å². The molecule has 2 rings (SSSR count). The average Bonchev–Trinajstić information content (AvgIpc) is 2.72. The topological polar surface area (TPSA) is 79.3 Å². The Bertz CT molecular complexity index is 636. The highest BCUT2D eigenvalue weighted by atomic mass is 32.2. The van der Waals surface area contributed by atoms with Gasteiger partial charge in [0.2, 0.25) is 0 Å². The van der Waals surface area contributed by atoms with Gasteiger partial charge in [-0.25, -0.2) is 8.42 Å². The molecule has 2 aromatic rings. The second-order valence-corrected chi connectivity index (χ2v) is 6.25. The summed E-state index contributed by atoms with van der Waals surface area (Å²) in [7, 11) is -3.67. The molecule has 7 heteroatoms. The molecule has 2 heterocycles. The van der Waals surface area contributed by atoms with Gasteiger partial charge in [-0.2, -0.15) is 0 Å². The van der Waals surface area contributed by atoms with Gasteiger partial charge < -0.3 is 5.11 Å². The molecule has 0 aliphatic heterocycles. The normalized spacial score (nSPS) is 11.4. The van der Waals surface area contributed by atoms with E-state index in [2.05, 4.69) is 9.71 Å². The van der Waals surface area contributed by atoms with E-state index in [0.717, 1.165) is 0 Å². The number of rotatable bonds is 4. The van der Waals surface area contributed by atoms with E-state index in [0.29, 0.717) is 16.1 Å². The predicted molar refractivity (Wildman–Crippen MR) is 70.0 cm³/mol. The third kappa shape index (κ3) is 2.53. The van der Waals surface area contributed by atoms with E-state index in [1.54, 1.807) is 24.4 Å². The molecular formula is C11H12N2O3S2. The molecule has 0 fully saturated rings. The highest BCUT2D eigenvalue weighted by Gasteiger charge is 2.22. The molecule has 0 aliphatic carbocycles. The number of hydrogen-bond donors (Lipinski definition) is 2. The summed E-state index contributed by atoms with van der Waals surface area (Å²) in [5.74, 6) is 0. The average molecular weight is 284 g/mol. The smallest absolute Gasteiger partial charge is 0.263 e. The van der Waals surface area contributed by atoms with Crippen molar-refractivity contribution in [3.05, 3.63) is 40.3 Å². The summed E-state index contributed by atoms with van der Waals surface area (Å²) in [4.78, 5) is 4.41. The van der Waals surface area contributed by atoms with Crippen LogP contribution in [0.2, 0.25) is 0 Å². The zero-order valence-electron chi connectivity index (χ0n) is 9.62. The Labute approximate surface area is 109 Å². The minimum absolute atomic E-state index is 0.159. The van der Waals surface area contributed by atoms with Crippen molar-refractivity contribution in [3.63, 3.8) is 0 Å². The van der Waals surface area contributed by atoms with Crippen LogP contribution in [0.4, 0.5) is 5.69 Å². The Morgan fingerprint density at radius 2 is 2.06 bits per heavy atom. The van der Waals surface area contributed by atoms with Crippen LogP contribution >= 0.6 is 11.3 Å². The van der Waals surface area contributed by atoms with E-state index in [-0.39, 0.29) is 11.5 Å². The maximum absolute atomic E-state index is 12.2. The number of thiophene rings is 1. The fraction of sp³-hybridized carbons (Fsp3) is 0.182. The van der Waals surface area contributed by atoms with Gasteiger partial charge in [0.05, 0.1) is 17.2 Å². The largest absolute Gasteiger partial charge is 0.391 e. The zero-order chi connectivity index (χ0) is 13.2. The molecule has 0 atom stereocenters. The third-order valence-electron chi connectivity index (χ3n) is 2.33. The highest BCUT2D eigenvalue weighted by molar-refractivity contribution is 7.93. The summed E-state index contributed by atoms with van der Waals surface area (Å²) in [5, 5.41) is 10.9. The number of aryl methyl sites for hydroxylation is 1. The Kier molecular flexibility index (Phi) is 3.65. The molecule has 5 nitrogen and oxygen atoms in total. The number of pyridine rings is 1. The molecule has 2 N–H and O–H groups in total. The minimum Gasteiger partial charge on any atom is -0.391 e. The summed E-state index contributed by atoms with van der Waals surface area (Å²) in [6.45, 7) is 1.42. The van der Waals surface area contributed by atoms with Gasteiger partial charge in [0, 0.05) is 12.4 Å². The Hall–Kier alpha value is -1.44. The third-order valence-corrected chi connectivity index (χ3v) is 5.16. The van der Waals surface area contributed by atoms with Crippen LogP contribution in [0, 0.1) is 6.92 Å². The predicted octanol–water partition coefficient (Wildman–Crippen LogP) is 1.74. The van der Waals surface area contributed by atoms with Gasteiger partial charge in [0.25, 0.3) is 10.0 Å². The Morgan fingerprint density at radius 3 is 2.67 bits per heavy atom. The van der Waals surface area contributed by atoms with Gasteiger partial charge in [-0.3, -0.25) is 9.71 Å². The van der Waals surface area contributed by atoms with E-state index in [9.17, 15) is 8.42 Å². The molecule has 0 radical (unpaired) electrons. The number of aliphatic hydroxyl groups excluding tert-OH is 1. The molecular weight excluding hydrogens is 272 g/mol. The molecule has 0 spiro atoms. The minimum atomic E-state index is -3.67. The number of aliphatic hydroxyl groups is 1. The van der Waals surface area contributed by atoms with Gasteiger partial charge in [0.15, 0.2) is 0 Å². The second-order valence-electron chi connectivity index (χ2n) is 3.67. The SMILES string of the molecule is Cc1csc(CO)c1S(=O)(=O)Nc1ccncc1. The van der Waals surface area contributed by atoms with Crippen LogP contribution in [-0.4, -0.2) is 18.5 Å². The lowest BCUT2D eigenvalue weighted by Gasteiger charge is -2.09. The van der Waals surface area contributed by atoms with Gasteiger partial charge in [-0.15, -0.1) is 11.3 Å². The van der Waals surface area contributed by atoms with Gasteiger partial charge in [-0.1, -0.05) is 0 Å². The summed E-state index contributed by atoms with van der Waals surface area (Å²) in [5.41, 5.74) is 1.07. The van der Waals surface area contributed by atoms with Crippen LogP contribution in [0.5, 0.6) is 0 Å².